The Morgan fingerprint density at radius 2 is 1.68 bits per heavy atom. The van der Waals surface area contributed by atoms with Gasteiger partial charge in [0.15, 0.2) is 5.69 Å². The summed E-state index contributed by atoms with van der Waals surface area (Å²) in [7, 11) is 0. The molecule has 0 bridgehead atoms. The fourth-order valence-corrected chi connectivity index (χ4v) is 6.25. The molecule has 12 heteroatoms. The van der Waals surface area contributed by atoms with Gasteiger partial charge in [-0.2, -0.15) is 17.5 Å². The molecule has 1 heterocycles. The summed E-state index contributed by atoms with van der Waals surface area (Å²) >= 11 is 0.707. The van der Waals surface area contributed by atoms with E-state index in [9.17, 15) is 27.6 Å². The molecule has 2 aliphatic carbocycles. The Morgan fingerprint density at radius 1 is 1.05 bits per heavy atom. The molecule has 4 N–H and O–H groups in total. The molecule has 2 aliphatic rings. The number of rotatable bonds is 9. The van der Waals surface area contributed by atoms with E-state index >= 15 is 0 Å². The Labute approximate surface area is 236 Å². The van der Waals surface area contributed by atoms with Crippen molar-refractivity contribution in [2.75, 3.05) is 10.6 Å². The zero-order chi connectivity index (χ0) is 28.9. The van der Waals surface area contributed by atoms with Crippen molar-refractivity contribution in [2.45, 2.75) is 102 Å². The molecule has 2 aromatic rings. The molecule has 1 aromatic heterocycles. The van der Waals surface area contributed by atoms with Crippen LogP contribution < -0.4 is 21.3 Å². The Balaban J connectivity index is 1.69. The average molecular weight is 580 g/mol. The molecule has 218 valence electrons. The van der Waals surface area contributed by atoms with Crippen molar-refractivity contribution in [1.29, 1.82) is 0 Å². The van der Waals surface area contributed by atoms with E-state index in [4.69, 9.17) is 5.73 Å². The lowest BCUT2D eigenvalue weighted by molar-refractivity contribution is -0.137. The first-order valence-corrected chi connectivity index (χ1v) is 14.7. The van der Waals surface area contributed by atoms with Gasteiger partial charge < -0.3 is 16.4 Å². The minimum Gasteiger partial charge on any atom is -0.395 e. The van der Waals surface area contributed by atoms with Gasteiger partial charge >= 0.3 is 6.18 Å². The molecule has 2 saturated carbocycles. The lowest BCUT2D eigenvalue weighted by Gasteiger charge is -2.32. The van der Waals surface area contributed by atoms with Crippen molar-refractivity contribution in [3.8, 4) is 0 Å². The molecule has 0 unspecified atom stereocenters. The first-order chi connectivity index (χ1) is 19.1. The summed E-state index contributed by atoms with van der Waals surface area (Å²) in [5.41, 5.74) is 5.00. The average Bonchev–Trinajstić information content (AvgIpc) is 3.58. The first-order valence-electron chi connectivity index (χ1n) is 14.0. The molecule has 8 nitrogen and oxygen atoms in total. The number of amides is 3. The van der Waals surface area contributed by atoms with Gasteiger partial charge in [0, 0.05) is 17.8 Å². The highest BCUT2D eigenvalue weighted by Gasteiger charge is 2.37. The van der Waals surface area contributed by atoms with Crippen LogP contribution in [-0.4, -0.2) is 40.2 Å². The van der Waals surface area contributed by atoms with Gasteiger partial charge in [-0.3, -0.25) is 19.3 Å². The third-order valence-corrected chi connectivity index (χ3v) is 8.48. The SMILES string of the molecule is CCC[C@H](C(=O)NC1CCCC1)N(C(=O)c1snc(C(=O)NC2CCCCC2)c1N)c1cccc(C(F)(F)F)c1. The van der Waals surface area contributed by atoms with E-state index < -0.39 is 35.5 Å². The standard InChI is InChI=1S/C28H36F3N5O3S/c1-2-9-21(25(37)33-18-13-6-7-14-18)36(20-15-8-10-17(16-20)28(29,30)31)27(39)24-22(32)23(35-40-24)26(38)34-19-11-4-3-5-12-19/h8,10,15-16,18-19,21H,2-7,9,11-14,32H2,1H3,(H,33,37)(H,34,38)/t21-/m1/s1. The van der Waals surface area contributed by atoms with E-state index in [1.807, 2.05) is 6.92 Å². The molecule has 3 amide bonds. The molecule has 1 aromatic carbocycles. The maximum absolute atomic E-state index is 14.0. The number of aromatic nitrogens is 1. The quantitative estimate of drug-likeness (QED) is 0.353. The third kappa shape index (κ3) is 6.94. The molecule has 40 heavy (non-hydrogen) atoms. The minimum atomic E-state index is -4.65. The van der Waals surface area contributed by atoms with Crippen LogP contribution in [0.5, 0.6) is 0 Å². The molecular formula is C28H36F3N5O3S. The second-order valence-corrected chi connectivity index (χ2v) is 11.4. The molecular weight excluding hydrogens is 543 g/mol. The van der Waals surface area contributed by atoms with Crippen LogP contribution in [0.25, 0.3) is 0 Å². The topological polar surface area (TPSA) is 117 Å². The van der Waals surface area contributed by atoms with Crippen LogP contribution >= 0.6 is 11.5 Å². The van der Waals surface area contributed by atoms with Crippen LogP contribution in [0.2, 0.25) is 0 Å². The highest BCUT2D eigenvalue weighted by atomic mass is 32.1. The second-order valence-electron chi connectivity index (χ2n) is 10.6. The van der Waals surface area contributed by atoms with Crippen molar-refractivity contribution in [3.63, 3.8) is 0 Å². The first kappa shape index (κ1) is 29.8. The molecule has 0 aliphatic heterocycles. The van der Waals surface area contributed by atoms with Gasteiger partial charge in [0.25, 0.3) is 11.8 Å². The van der Waals surface area contributed by atoms with Crippen LogP contribution in [0.1, 0.15) is 103 Å². The third-order valence-electron chi connectivity index (χ3n) is 7.63. The lowest BCUT2D eigenvalue weighted by Crippen LogP contribution is -2.51. The van der Waals surface area contributed by atoms with Crippen molar-refractivity contribution in [1.82, 2.24) is 15.0 Å². The van der Waals surface area contributed by atoms with Crippen molar-refractivity contribution < 1.29 is 27.6 Å². The largest absolute Gasteiger partial charge is 0.416 e. The van der Waals surface area contributed by atoms with Crippen LogP contribution in [0.3, 0.4) is 0 Å². The maximum Gasteiger partial charge on any atom is 0.416 e. The van der Waals surface area contributed by atoms with Gasteiger partial charge in [-0.25, -0.2) is 0 Å². The highest BCUT2D eigenvalue weighted by molar-refractivity contribution is 7.09. The van der Waals surface area contributed by atoms with E-state index in [0.717, 1.165) is 74.8 Å². The monoisotopic (exact) mass is 579 g/mol. The Hall–Kier alpha value is -3.15. The van der Waals surface area contributed by atoms with Crippen LogP contribution in [0.4, 0.5) is 24.5 Å². The summed E-state index contributed by atoms with van der Waals surface area (Å²) in [6, 6.07) is 3.21. The summed E-state index contributed by atoms with van der Waals surface area (Å²) in [5.74, 6) is -1.70. The smallest absolute Gasteiger partial charge is 0.395 e. The number of nitrogens with zero attached hydrogens (tertiary/aromatic N) is 2. The van der Waals surface area contributed by atoms with E-state index in [1.165, 1.54) is 12.1 Å². The van der Waals surface area contributed by atoms with Crippen molar-refractivity contribution in [3.05, 3.63) is 40.4 Å². The van der Waals surface area contributed by atoms with Crippen molar-refractivity contribution >= 4 is 40.6 Å². The summed E-state index contributed by atoms with van der Waals surface area (Å²) in [5, 5.41) is 5.91. The van der Waals surface area contributed by atoms with Crippen LogP contribution in [-0.2, 0) is 11.0 Å². The summed E-state index contributed by atoms with van der Waals surface area (Å²) in [4.78, 5) is 41.5. The Bertz CT molecular complexity index is 1210. The number of hydrogen-bond donors (Lipinski definition) is 3. The van der Waals surface area contributed by atoms with E-state index in [2.05, 4.69) is 15.0 Å². The van der Waals surface area contributed by atoms with Gasteiger partial charge in [0.05, 0.1) is 11.3 Å². The Morgan fingerprint density at radius 3 is 2.30 bits per heavy atom. The van der Waals surface area contributed by atoms with Crippen LogP contribution in [0, 0.1) is 0 Å². The molecule has 4 rings (SSSR count). The number of carbonyl (C=O) groups excluding carboxylic acids is 3. The number of hydrogen-bond acceptors (Lipinski definition) is 6. The van der Waals surface area contributed by atoms with Gasteiger partial charge in [-0.15, -0.1) is 0 Å². The molecule has 0 radical (unpaired) electrons. The van der Waals surface area contributed by atoms with E-state index in [1.54, 1.807) is 0 Å². The minimum absolute atomic E-state index is 0.00340. The summed E-state index contributed by atoms with van der Waals surface area (Å²) in [6.45, 7) is 1.83. The van der Waals surface area contributed by atoms with Gasteiger partial charge in [-0.05, 0) is 61.8 Å². The summed E-state index contributed by atoms with van der Waals surface area (Å²) < 4.78 is 45.0. The number of benzene rings is 1. The number of alkyl halides is 3. The fraction of sp³-hybridized carbons (Fsp3) is 0.571. The lowest BCUT2D eigenvalue weighted by atomic mass is 9.95. The number of nitrogens with two attached hydrogens (primary N) is 1. The van der Waals surface area contributed by atoms with Gasteiger partial charge in [0.1, 0.15) is 10.9 Å². The van der Waals surface area contributed by atoms with Gasteiger partial charge in [0.2, 0.25) is 5.91 Å². The highest BCUT2D eigenvalue weighted by Crippen LogP contribution is 2.35. The number of halogens is 3. The summed E-state index contributed by atoms with van der Waals surface area (Å²) in [6.07, 6.45) is 4.46. The van der Waals surface area contributed by atoms with E-state index in [-0.39, 0.29) is 40.5 Å². The maximum atomic E-state index is 14.0. The fourth-order valence-electron chi connectivity index (χ4n) is 5.51. The van der Waals surface area contributed by atoms with Crippen LogP contribution in [0.15, 0.2) is 24.3 Å². The predicted octanol–water partition coefficient (Wildman–Crippen LogP) is 5.68. The molecule has 0 saturated heterocycles. The van der Waals surface area contributed by atoms with Gasteiger partial charge in [-0.1, -0.05) is 51.5 Å². The Kier molecular flexibility index (Phi) is 9.70. The van der Waals surface area contributed by atoms with Crippen molar-refractivity contribution in [2.24, 2.45) is 0 Å². The number of carbonyl (C=O) groups is 3. The molecule has 2 fully saturated rings. The normalized spacial score (nSPS) is 17.4. The second kappa shape index (κ2) is 13.0. The zero-order valence-electron chi connectivity index (χ0n) is 22.6. The number of anilines is 2. The molecule has 1 atom stereocenters. The van der Waals surface area contributed by atoms with E-state index in [0.29, 0.717) is 18.0 Å². The molecule has 0 spiro atoms. The zero-order valence-corrected chi connectivity index (χ0v) is 23.4. The predicted molar refractivity (Wildman–Crippen MR) is 148 cm³/mol. The number of nitrogens with one attached hydrogen (secondary N) is 2. The number of nitrogen functional groups attached to an aromatic ring is 1.